The molecule has 0 radical (unpaired) electrons. The molecule has 31 heavy (non-hydrogen) atoms. The molecule has 1 unspecified atom stereocenters. The number of hydrogen-bond donors (Lipinski definition) is 1. The summed E-state index contributed by atoms with van der Waals surface area (Å²) in [4.78, 5) is 54.2. The second-order valence-corrected chi connectivity index (χ2v) is 8.44. The molecule has 4 amide bonds. The molecule has 1 N–H and O–H groups in total. The van der Waals surface area contributed by atoms with Gasteiger partial charge < -0.3 is 4.74 Å². The van der Waals surface area contributed by atoms with Gasteiger partial charge in [-0.25, -0.2) is 9.69 Å². The largest absolute Gasteiger partial charge is 0.444 e. The number of anilines is 1. The Balaban J connectivity index is 1.78. The van der Waals surface area contributed by atoms with Crippen molar-refractivity contribution in [2.75, 3.05) is 4.90 Å². The van der Waals surface area contributed by atoms with Gasteiger partial charge >= 0.3 is 6.09 Å². The zero-order valence-electron chi connectivity index (χ0n) is 17.5. The summed E-state index contributed by atoms with van der Waals surface area (Å²) < 4.78 is 5.35. The van der Waals surface area contributed by atoms with E-state index in [1.54, 1.807) is 57.2 Å². The molecule has 8 heteroatoms. The minimum Gasteiger partial charge on any atom is -0.444 e. The molecular weight excluding hydrogens is 398 g/mol. The average Bonchev–Trinajstić information content (AvgIpc) is 2.96. The molecule has 0 bridgehead atoms. The molecule has 2 aliphatic rings. The van der Waals surface area contributed by atoms with Gasteiger partial charge in [0.15, 0.2) is 6.29 Å². The van der Waals surface area contributed by atoms with Crippen LogP contribution >= 0.6 is 0 Å². The smallest absolute Gasteiger partial charge is 0.410 e. The van der Waals surface area contributed by atoms with Gasteiger partial charge in [0.1, 0.15) is 5.60 Å². The van der Waals surface area contributed by atoms with Crippen LogP contribution in [0.2, 0.25) is 0 Å². The quantitative estimate of drug-likeness (QED) is 0.769. The fourth-order valence-electron chi connectivity index (χ4n) is 3.81. The summed E-state index contributed by atoms with van der Waals surface area (Å²) in [6.45, 7) is 5.10. The first kappa shape index (κ1) is 20.6. The third kappa shape index (κ3) is 3.76. The number of imide groups is 1. The molecule has 2 aliphatic heterocycles. The molecule has 0 saturated carbocycles. The fourth-order valence-corrected chi connectivity index (χ4v) is 3.81. The van der Waals surface area contributed by atoms with E-state index in [4.69, 9.17) is 4.74 Å². The molecule has 8 nitrogen and oxygen atoms in total. The molecule has 2 aromatic carbocycles. The fraction of sp³-hybridized carbons (Fsp3) is 0.304. The second-order valence-electron chi connectivity index (χ2n) is 8.44. The van der Waals surface area contributed by atoms with Crippen LogP contribution in [0, 0.1) is 0 Å². The van der Waals surface area contributed by atoms with E-state index in [2.05, 4.69) is 5.32 Å². The van der Waals surface area contributed by atoms with Gasteiger partial charge in [0, 0.05) is 6.42 Å². The van der Waals surface area contributed by atoms with Crippen LogP contribution < -0.4 is 10.2 Å². The molecule has 0 spiro atoms. The number of ether oxygens (including phenoxy) is 1. The SMILES string of the molecule is CC(C)(C)OC(=O)NC(N1C(=O)c2ccccc2C1=O)N1C(=O)CCc2ccccc21. The summed E-state index contributed by atoms with van der Waals surface area (Å²) in [6, 6.07) is 13.6. The summed E-state index contributed by atoms with van der Waals surface area (Å²) in [6.07, 6.45) is -1.49. The lowest BCUT2D eigenvalue weighted by Crippen LogP contribution is -2.63. The van der Waals surface area contributed by atoms with Crippen LogP contribution in [0.4, 0.5) is 10.5 Å². The van der Waals surface area contributed by atoms with Crippen molar-refractivity contribution in [2.24, 2.45) is 0 Å². The predicted molar refractivity (Wildman–Crippen MR) is 112 cm³/mol. The number of nitrogens with one attached hydrogen (secondary N) is 1. The lowest BCUT2D eigenvalue weighted by molar-refractivity contribution is -0.120. The number of nitrogens with zero attached hydrogens (tertiary/aromatic N) is 2. The molecule has 4 rings (SSSR count). The lowest BCUT2D eigenvalue weighted by atomic mass is 10.0. The van der Waals surface area contributed by atoms with Gasteiger partial charge in [-0.15, -0.1) is 0 Å². The van der Waals surface area contributed by atoms with E-state index < -0.39 is 29.8 Å². The van der Waals surface area contributed by atoms with E-state index in [0.29, 0.717) is 12.1 Å². The highest BCUT2D eigenvalue weighted by Gasteiger charge is 2.46. The molecule has 2 aromatic rings. The van der Waals surface area contributed by atoms with Crippen LogP contribution in [0.15, 0.2) is 48.5 Å². The Morgan fingerprint density at radius 2 is 1.48 bits per heavy atom. The molecule has 2 heterocycles. The first-order valence-corrected chi connectivity index (χ1v) is 10.0. The van der Waals surface area contributed by atoms with E-state index in [-0.39, 0.29) is 23.5 Å². The van der Waals surface area contributed by atoms with Crippen LogP contribution in [0.1, 0.15) is 53.5 Å². The highest BCUT2D eigenvalue weighted by atomic mass is 16.6. The van der Waals surface area contributed by atoms with Gasteiger partial charge in [-0.2, -0.15) is 0 Å². The van der Waals surface area contributed by atoms with Crippen molar-refractivity contribution in [2.45, 2.75) is 45.5 Å². The second kappa shape index (κ2) is 7.54. The van der Waals surface area contributed by atoms with Gasteiger partial charge in [-0.05, 0) is 51.0 Å². The minimum atomic E-state index is -1.36. The summed E-state index contributed by atoms with van der Waals surface area (Å²) in [7, 11) is 0. The van der Waals surface area contributed by atoms with Crippen LogP contribution in [0.3, 0.4) is 0 Å². The van der Waals surface area contributed by atoms with Crippen LogP contribution in [-0.2, 0) is 16.0 Å². The Morgan fingerprint density at radius 1 is 0.903 bits per heavy atom. The third-order valence-electron chi connectivity index (χ3n) is 5.09. The Labute approximate surface area is 179 Å². The minimum absolute atomic E-state index is 0.187. The highest BCUT2D eigenvalue weighted by molar-refractivity contribution is 6.22. The van der Waals surface area contributed by atoms with Gasteiger partial charge in [-0.3, -0.25) is 24.6 Å². The van der Waals surface area contributed by atoms with Crippen molar-refractivity contribution < 1.29 is 23.9 Å². The molecule has 1 atom stereocenters. The van der Waals surface area contributed by atoms with Crippen molar-refractivity contribution in [3.05, 3.63) is 65.2 Å². The Morgan fingerprint density at radius 3 is 2.10 bits per heavy atom. The van der Waals surface area contributed by atoms with Gasteiger partial charge in [0.25, 0.3) is 11.8 Å². The number of amides is 4. The topological polar surface area (TPSA) is 96.0 Å². The maximum absolute atomic E-state index is 13.2. The van der Waals surface area contributed by atoms with Gasteiger partial charge in [-0.1, -0.05) is 30.3 Å². The number of alkyl carbamates (subject to hydrolysis) is 1. The molecule has 160 valence electrons. The number of carbonyl (C=O) groups is 4. The number of aryl methyl sites for hydroxylation is 1. The van der Waals surface area contributed by atoms with Crippen molar-refractivity contribution in [1.82, 2.24) is 10.2 Å². The van der Waals surface area contributed by atoms with Crippen LogP contribution in [0.25, 0.3) is 0 Å². The first-order valence-electron chi connectivity index (χ1n) is 10.0. The third-order valence-corrected chi connectivity index (χ3v) is 5.09. The van der Waals surface area contributed by atoms with Crippen molar-refractivity contribution >= 4 is 29.5 Å². The maximum atomic E-state index is 13.2. The highest BCUT2D eigenvalue weighted by Crippen LogP contribution is 2.32. The zero-order valence-corrected chi connectivity index (χ0v) is 17.5. The molecular formula is C23H23N3O5. The van der Waals surface area contributed by atoms with E-state index >= 15 is 0 Å². The normalized spacial score (nSPS) is 16.7. The van der Waals surface area contributed by atoms with E-state index in [9.17, 15) is 19.2 Å². The van der Waals surface area contributed by atoms with E-state index in [1.165, 1.54) is 4.90 Å². The number of rotatable bonds is 3. The Hall–Kier alpha value is -3.68. The number of para-hydroxylation sites is 1. The summed E-state index contributed by atoms with van der Waals surface area (Å²) >= 11 is 0. The Kier molecular flexibility index (Phi) is 5.00. The monoisotopic (exact) mass is 421 g/mol. The zero-order chi connectivity index (χ0) is 22.3. The number of fused-ring (bicyclic) bond motifs is 2. The number of benzene rings is 2. The molecule has 0 aromatic heterocycles. The standard InChI is InChI=1S/C23H23N3O5/c1-23(2,3)31-22(30)24-21(25-17-11-7-4-8-14(17)12-13-18(25)27)26-19(28)15-9-5-6-10-16(15)20(26)29/h4-11,21H,12-13H2,1-3H3,(H,24,30). The van der Waals surface area contributed by atoms with Crippen molar-refractivity contribution in [1.29, 1.82) is 0 Å². The Bertz CT molecular complexity index is 1050. The van der Waals surface area contributed by atoms with Crippen LogP contribution in [-0.4, -0.2) is 40.6 Å². The van der Waals surface area contributed by atoms with Crippen LogP contribution in [0.5, 0.6) is 0 Å². The molecule has 0 saturated heterocycles. The summed E-state index contributed by atoms with van der Waals surface area (Å²) in [5, 5.41) is 2.58. The lowest BCUT2D eigenvalue weighted by Gasteiger charge is -2.39. The number of hydrogen-bond acceptors (Lipinski definition) is 5. The van der Waals surface area contributed by atoms with Crippen molar-refractivity contribution in [3.63, 3.8) is 0 Å². The van der Waals surface area contributed by atoms with E-state index in [0.717, 1.165) is 10.5 Å². The summed E-state index contributed by atoms with van der Waals surface area (Å²) in [5.41, 5.74) is 1.06. The van der Waals surface area contributed by atoms with Crippen molar-refractivity contribution in [3.8, 4) is 0 Å². The first-order chi connectivity index (χ1) is 14.7. The predicted octanol–water partition coefficient (Wildman–Crippen LogP) is 3.07. The average molecular weight is 421 g/mol. The van der Waals surface area contributed by atoms with E-state index in [1.807, 2.05) is 12.1 Å². The van der Waals surface area contributed by atoms with Gasteiger partial charge in [0.05, 0.1) is 16.8 Å². The molecule has 0 fully saturated rings. The maximum Gasteiger partial charge on any atom is 0.410 e. The summed E-state index contributed by atoms with van der Waals surface area (Å²) in [5.74, 6) is -1.48. The molecule has 0 aliphatic carbocycles. The van der Waals surface area contributed by atoms with Gasteiger partial charge in [0.2, 0.25) is 5.91 Å². The number of carbonyl (C=O) groups excluding carboxylic acids is 4.